The molecule has 116 valence electrons. The molecule has 0 aliphatic carbocycles. The Labute approximate surface area is 130 Å². The van der Waals surface area contributed by atoms with Gasteiger partial charge in [0.1, 0.15) is 15.7 Å². The number of hydrogen-bond donors (Lipinski definition) is 0. The quantitative estimate of drug-likeness (QED) is 0.868. The van der Waals surface area contributed by atoms with Crippen LogP contribution in [0.2, 0.25) is 0 Å². The number of nitrogens with zero attached hydrogens (tertiary/aromatic N) is 3. The summed E-state index contributed by atoms with van der Waals surface area (Å²) in [5.74, 6) is 2.05. The Morgan fingerprint density at radius 1 is 1.09 bits per heavy atom. The molecular weight excluding hydrogens is 298 g/mol. The summed E-state index contributed by atoms with van der Waals surface area (Å²) in [7, 11) is -0.870. The van der Waals surface area contributed by atoms with Crippen molar-refractivity contribution in [1.29, 1.82) is 0 Å². The Morgan fingerprint density at radius 2 is 1.77 bits per heavy atom. The third-order valence-corrected chi connectivity index (χ3v) is 5.82. The highest BCUT2D eigenvalue weighted by Gasteiger charge is 2.27. The lowest BCUT2D eigenvalue weighted by Gasteiger charge is -2.32. The smallest absolute Gasteiger partial charge is 0.161 e. The maximum absolute atomic E-state index is 11.6. The molecule has 2 heterocycles. The van der Waals surface area contributed by atoms with Gasteiger partial charge in [-0.15, -0.1) is 0 Å². The van der Waals surface area contributed by atoms with Crippen LogP contribution in [-0.4, -0.2) is 43.0 Å². The van der Waals surface area contributed by atoms with Gasteiger partial charge in [0, 0.05) is 24.8 Å². The number of aromatic nitrogens is 2. The first-order chi connectivity index (χ1) is 10.6. The lowest BCUT2D eigenvalue weighted by molar-refractivity contribution is 0.531. The molecule has 0 N–H and O–H groups in total. The number of benzene rings is 1. The Bertz CT molecular complexity index is 733. The van der Waals surface area contributed by atoms with Gasteiger partial charge in [0.05, 0.1) is 11.5 Å². The first-order valence-corrected chi connectivity index (χ1v) is 9.19. The van der Waals surface area contributed by atoms with Gasteiger partial charge in [-0.2, -0.15) is 0 Å². The van der Waals surface area contributed by atoms with Gasteiger partial charge in [-0.25, -0.2) is 18.4 Å². The van der Waals surface area contributed by atoms with E-state index in [0.717, 1.165) is 11.4 Å². The van der Waals surface area contributed by atoms with Crippen LogP contribution in [-0.2, 0) is 9.84 Å². The highest BCUT2D eigenvalue weighted by Crippen LogP contribution is 2.23. The van der Waals surface area contributed by atoms with Gasteiger partial charge in [-0.05, 0) is 18.9 Å². The summed E-state index contributed by atoms with van der Waals surface area (Å²) < 4.78 is 23.1. The van der Waals surface area contributed by atoms with Crippen molar-refractivity contribution >= 4 is 15.7 Å². The largest absolute Gasteiger partial charge is 0.357 e. The lowest BCUT2D eigenvalue weighted by Crippen LogP contribution is -2.39. The fourth-order valence-corrected chi connectivity index (χ4v) is 4.19. The van der Waals surface area contributed by atoms with Gasteiger partial charge < -0.3 is 4.90 Å². The Hall–Kier alpha value is -1.95. The van der Waals surface area contributed by atoms with Crippen LogP contribution in [0.3, 0.4) is 0 Å². The van der Waals surface area contributed by atoms with E-state index < -0.39 is 9.84 Å². The van der Waals surface area contributed by atoms with Crippen LogP contribution in [0.5, 0.6) is 0 Å². The second kappa shape index (κ2) is 6.04. The third kappa shape index (κ3) is 3.27. The summed E-state index contributed by atoms with van der Waals surface area (Å²) in [6, 6.07) is 11.9. The van der Waals surface area contributed by atoms with Crippen molar-refractivity contribution in [2.24, 2.45) is 0 Å². The summed E-state index contributed by atoms with van der Waals surface area (Å²) in [5.41, 5.74) is 0.976. The SMILES string of the molecule is CN(c1ccnc(-c2ccccc2)n1)C1CCS(=O)(=O)CC1. The molecule has 5 nitrogen and oxygen atoms in total. The van der Waals surface area contributed by atoms with E-state index in [2.05, 4.69) is 14.9 Å². The Balaban J connectivity index is 1.80. The van der Waals surface area contributed by atoms with Crippen molar-refractivity contribution < 1.29 is 8.42 Å². The standard InChI is InChI=1S/C16H19N3O2S/c1-19(14-8-11-22(20,21)12-9-14)15-7-10-17-16(18-15)13-5-3-2-4-6-13/h2-7,10,14H,8-9,11-12H2,1H3. The van der Waals surface area contributed by atoms with E-state index in [1.54, 1.807) is 6.20 Å². The molecule has 0 atom stereocenters. The fourth-order valence-electron chi connectivity index (χ4n) is 2.72. The van der Waals surface area contributed by atoms with Crippen molar-refractivity contribution in [1.82, 2.24) is 9.97 Å². The normalized spacial score (nSPS) is 18.0. The van der Waals surface area contributed by atoms with Crippen molar-refractivity contribution in [3.8, 4) is 11.4 Å². The zero-order chi connectivity index (χ0) is 15.6. The fraction of sp³-hybridized carbons (Fsp3) is 0.375. The molecule has 0 unspecified atom stereocenters. The van der Waals surface area contributed by atoms with Gasteiger partial charge in [-0.3, -0.25) is 0 Å². The molecule has 1 aromatic heterocycles. The topological polar surface area (TPSA) is 63.2 Å². The summed E-state index contributed by atoms with van der Waals surface area (Å²) >= 11 is 0. The van der Waals surface area contributed by atoms with E-state index in [4.69, 9.17) is 0 Å². The maximum atomic E-state index is 11.6. The highest BCUT2D eigenvalue weighted by atomic mass is 32.2. The molecule has 0 bridgehead atoms. The third-order valence-electron chi connectivity index (χ3n) is 4.11. The molecule has 0 radical (unpaired) electrons. The van der Waals surface area contributed by atoms with Crippen molar-refractivity contribution in [2.75, 3.05) is 23.5 Å². The van der Waals surface area contributed by atoms with E-state index in [1.165, 1.54) is 0 Å². The molecule has 3 rings (SSSR count). The summed E-state index contributed by atoms with van der Waals surface area (Å²) in [6.45, 7) is 0. The van der Waals surface area contributed by atoms with E-state index in [0.29, 0.717) is 18.7 Å². The van der Waals surface area contributed by atoms with E-state index in [-0.39, 0.29) is 17.5 Å². The van der Waals surface area contributed by atoms with Gasteiger partial charge in [-0.1, -0.05) is 30.3 Å². The average Bonchev–Trinajstić information content (AvgIpc) is 2.55. The van der Waals surface area contributed by atoms with Crippen LogP contribution < -0.4 is 4.90 Å². The molecule has 0 spiro atoms. The molecule has 6 heteroatoms. The highest BCUT2D eigenvalue weighted by molar-refractivity contribution is 7.91. The van der Waals surface area contributed by atoms with Crippen LogP contribution in [0, 0.1) is 0 Å². The second-order valence-electron chi connectivity index (χ2n) is 5.60. The minimum absolute atomic E-state index is 0.210. The van der Waals surface area contributed by atoms with Crippen molar-refractivity contribution in [3.05, 3.63) is 42.6 Å². The Morgan fingerprint density at radius 3 is 2.45 bits per heavy atom. The van der Waals surface area contributed by atoms with E-state index in [9.17, 15) is 8.42 Å². The zero-order valence-electron chi connectivity index (χ0n) is 12.5. The van der Waals surface area contributed by atoms with E-state index in [1.807, 2.05) is 43.4 Å². The van der Waals surface area contributed by atoms with Gasteiger partial charge >= 0.3 is 0 Å². The van der Waals surface area contributed by atoms with Crippen molar-refractivity contribution in [3.63, 3.8) is 0 Å². The van der Waals surface area contributed by atoms with Crippen LogP contribution in [0.1, 0.15) is 12.8 Å². The molecule has 0 amide bonds. The molecule has 22 heavy (non-hydrogen) atoms. The molecule has 1 saturated heterocycles. The number of anilines is 1. The summed E-state index contributed by atoms with van der Waals surface area (Å²) in [6.07, 6.45) is 3.06. The van der Waals surface area contributed by atoms with Crippen LogP contribution in [0.4, 0.5) is 5.82 Å². The number of hydrogen-bond acceptors (Lipinski definition) is 5. The predicted molar refractivity (Wildman–Crippen MR) is 87.5 cm³/mol. The minimum Gasteiger partial charge on any atom is -0.357 e. The first kappa shape index (κ1) is 15.0. The van der Waals surface area contributed by atoms with Crippen LogP contribution in [0.25, 0.3) is 11.4 Å². The first-order valence-electron chi connectivity index (χ1n) is 7.37. The van der Waals surface area contributed by atoms with Crippen LogP contribution >= 0.6 is 0 Å². The monoisotopic (exact) mass is 317 g/mol. The van der Waals surface area contributed by atoms with Crippen molar-refractivity contribution in [2.45, 2.75) is 18.9 Å². The predicted octanol–water partition coefficient (Wildman–Crippen LogP) is 2.16. The minimum atomic E-state index is -2.84. The second-order valence-corrected chi connectivity index (χ2v) is 7.90. The Kier molecular flexibility index (Phi) is 4.11. The summed E-state index contributed by atoms with van der Waals surface area (Å²) in [5, 5.41) is 0. The lowest BCUT2D eigenvalue weighted by atomic mass is 10.1. The maximum Gasteiger partial charge on any atom is 0.161 e. The summed E-state index contributed by atoms with van der Waals surface area (Å²) in [4.78, 5) is 11.0. The number of sulfone groups is 1. The molecule has 2 aromatic rings. The van der Waals surface area contributed by atoms with Gasteiger partial charge in [0.25, 0.3) is 0 Å². The molecule has 0 saturated carbocycles. The zero-order valence-corrected chi connectivity index (χ0v) is 13.3. The molecule has 1 aliphatic rings. The van der Waals surface area contributed by atoms with Gasteiger partial charge in [0.15, 0.2) is 5.82 Å². The molecule has 1 fully saturated rings. The molecular formula is C16H19N3O2S. The number of rotatable bonds is 3. The molecule has 1 aromatic carbocycles. The average molecular weight is 317 g/mol. The van der Waals surface area contributed by atoms with Gasteiger partial charge in [0.2, 0.25) is 0 Å². The van der Waals surface area contributed by atoms with Crippen LogP contribution in [0.15, 0.2) is 42.6 Å². The molecule has 1 aliphatic heterocycles. The van der Waals surface area contributed by atoms with E-state index >= 15 is 0 Å².